The zero-order chi connectivity index (χ0) is 48.3. The molecule has 1 amide bonds. The van der Waals surface area contributed by atoms with Gasteiger partial charge in [-0.05, 0) is 89.9 Å². The Kier molecular flexibility index (Phi) is 41.7. The molecule has 0 aromatic carbocycles. The maximum Gasteiger partial charge on any atom is 0.249 e. The Morgan fingerprint density at radius 2 is 0.909 bits per heavy atom. The van der Waals surface area contributed by atoms with Gasteiger partial charge in [0.05, 0.1) is 25.4 Å². The molecule has 1 rings (SSSR count). The van der Waals surface area contributed by atoms with E-state index in [1.54, 1.807) is 0 Å². The average molecular weight is 936 g/mol. The molecule has 0 aromatic rings. The molecule has 11 nitrogen and oxygen atoms in total. The van der Waals surface area contributed by atoms with Gasteiger partial charge in [-0.1, -0.05) is 184 Å². The smallest absolute Gasteiger partial charge is 0.249 e. The van der Waals surface area contributed by atoms with Crippen molar-refractivity contribution in [2.24, 2.45) is 0 Å². The highest BCUT2D eigenvalue weighted by Crippen LogP contribution is 2.23. The zero-order valence-electron chi connectivity index (χ0n) is 41.9. The van der Waals surface area contributed by atoms with Crippen molar-refractivity contribution in [3.63, 3.8) is 0 Å². The summed E-state index contributed by atoms with van der Waals surface area (Å²) in [5.74, 6) is -0.717. The van der Waals surface area contributed by atoms with Crippen molar-refractivity contribution < 1.29 is 50.0 Å². The fourth-order valence-corrected chi connectivity index (χ4v) is 8.35. The molecule has 11 heteroatoms. The standard InChI is InChI=1S/C55H101NO10/c1-3-5-7-9-11-13-15-17-19-21-23-24-25-27-29-31-33-35-37-39-41-43-48(59)54(64)56-46(45-65-55-53(63)52(62)51(61)49(44-57)66-55)50(60)47(58)42-40-38-36-34-32-30-28-26-22-20-18-16-14-12-10-8-6-4-2/h16,18,25-28,34,36,46-53,55,57-63H,3-15,17,19-24,29-33,35,37-45H2,1-2H3,(H,56,64)/b18-16+,27-25-,28-26+,36-34+. The first kappa shape index (κ1) is 62.1. The van der Waals surface area contributed by atoms with Crippen LogP contribution in [-0.2, 0) is 14.3 Å². The minimum atomic E-state index is -1.67. The first-order valence-corrected chi connectivity index (χ1v) is 27.0. The van der Waals surface area contributed by atoms with Gasteiger partial charge in [0.25, 0.3) is 0 Å². The maximum absolute atomic E-state index is 13.1. The Bertz CT molecular complexity index is 1210. The number of carbonyl (C=O) groups is 1. The lowest BCUT2D eigenvalue weighted by Crippen LogP contribution is -2.60. The molecular formula is C55H101NO10. The van der Waals surface area contributed by atoms with Crippen LogP contribution in [-0.4, -0.2) is 110 Å². The number of allylic oxidation sites excluding steroid dienone is 8. The van der Waals surface area contributed by atoms with Gasteiger partial charge in [0.15, 0.2) is 6.29 Å². The average Bonchev–Trinajstić information content (AvgIpc) is 3.32. The molecular weight excluding hydrogens is 835 g/mol. The fourth-order valence-electron chi connectivity index (χ4n) is 8.35. The molecule has 0 aliphatic carbocycles. The van der Waals surface area contributed by atoms with Crippen LogP contribution in [0.15, 0.2) is 48.6 Å². The molecule has 1 saturated heterocycles. The Morgan fingerprint density at radius 1 is 0.515 bits per heavy atom. The second kappa shape index (κ2) is 44.3. The number of ether oxygens (including phenoxy) is 2. The third-order valence-corrected chi connectivity index (χ3v) is 12.8. The number of rotatable bonds is 45. The molecule has 9 atom stereocenters. The fraction of sp³-hybridized carbons (Fsp3) is 0.836. The highest BCUT2D eigenvalue weighted by atomic mass is 16.7. The lowest BCUT2D eigenvalue weighted by Gasteiger charge is -2.40. The van der Waals surface area contributed by atoms with E-state index in [4.69, 9.17) is 9.47 Å². The van der Waals surface area contributed by atoms with Crippen LogP contribution in [0.3, 0.4) is 0 Å². The van der Waals surface area contributed by atoms with Gasteiger partial charge in [-0.2, -0.15) is 0 Å². The summed E-state index contributed by atoms with van der Waals surface area (Å²) < 4.78 is 11.1. The van der Waals surface area contributed by atoms with Crippen LogP contribution in [0, 0.1) is 0 Å². The third-order valence-electron chi connectivity index (χ3n) is 12.8. The molecule has 1 heterocycles. The van der Waals surface area contributed by atoms with Crippen molar-refractivity contribution in [1.29, 1.82) is 0 Å². The molecule has 1 fully saturated rings. The summed E-state index contributed by atoms with van der Waals surface area (Å²) in [5, 5.41) is 75.9. The van der Waals surface area contributed by atoms with Gasteiger partial charge < -0.3 is 50.5 Å². The summed E-state index contributed by atoms with van der Waals surface area (Å²) in [6.07, 6.45) is 43.0. The van der Waals surface area contributed by atoms with E-state index < -0.39 is 74.2 Å². The van der Waals surface area contributed by atoms with E-state index in [1.807, 2.05) is 0 Å². The molecule has 66 heavy (non-hydrogen) atoms. The highest BCUT2D eigenvalue weighted by Gasteiger charge is 2.44. The van der Waals surface area contributed by atoms with Gasteiger partial charge in [0.2, 0.25) is 5.91 Å². The van der Waals surface area contributed by atoms with E-state index in [1.165, 1.54) is 116 Å². The predicted octanol–water partition coefficient (Wildman–Crippen LogP) is 10.5. The number of nitrogens with one attached hydrogen (secondary N) is 1. The number of unbranched alkanes of at least 4 members (excludes halogenated alkanes) is 25. The Hall–Kier alpha value is -1.93. The van der Waals surface area contributed by atoms with Crippen molar-refractivity contribution in [3.05, 3.63) is 48.6 Å². The summed E-state index contributed by atoms with van der Waals surface area (Å²) in [6.45, 7) is 3.42. The van der Waals surface area contributed by atoms with Crippen molar-refractivity contribution in [2.45, 2.75) is 281 Å². The molecule has 0 radical (unpaired) electrons. The van der Waals surface area contributed by atoms with Gasteiger partial charge >= 0.3 is 0 Å². The number of hydrogen-bond acceptors (Lipinski definition) is 10. The van der Waals surface area contributed by atoms with Crippen LogP contribution >= 0.6 is 0 Å². The van der Waals surface area contributed by atoms with Crippen LogP contribution in [0.5, 0.6) is 0 Å². The highest BCUT2D eigenvalue weighted by molar-refractivity contribution is 5.80. The first-order chi connectivity index (χ1) is 32.2. The van der Waals surface area contributed by atoms with Crippen LogP contribution in [0.25, 0.3) is 0 Å². The SMILES string of the molecule is CCCCCCC/C=C/CC/C=C/CC/C=C/CCCC(O)C(O)C(COC1OC(CO)C(O)C(O)C1O)NC(=O)C(O)CCCCCCCC/C=C\CCCCCCCCCCCCC. The summed E-state index contributed by atoms with van der Waals surface area (Å²) in [6, 6.07) is -1.20. The maximum atomic E-state index is 13.1. The van der Waals surface area contributed by atoms with Gasteiger partial charge in [0, 0.05) is 0 Å². The number of aliphatic hydroxyl groups is 7. The minimum absolute atomic E-state index is 0.238. The van der Waals surface area contributed by atoms with E-state index in [0.29, 0.717) is 19.3 Å². The summed E-state index contributed by atoms with van der Waals surface area (Å²) >= 11 is 0. The molecule has 0 spiro atoms. The molecule has 1 aliphatic heterocycles. The van der Waals surface area contributed by atoms with Crippen LogP contribution in [0.2, 0.25) is 0 Å². The van der Waals surface area contributed by atoms with Gasteiger partial charge in [-0.25, -0.2) is 0 Å². The van der Waals surface area contributed by atoms with Gasteiger partial charge in [-0.3, -0.25) is 4.79 Å². The lowest BCUT2D eigenvalue weighted by atomic mass is 9.98. The van der Waals surface area contributed by atoms with E-state index in [9.17, 15) is 40.5 Å². The van der Waals surface area contributed by atoms with Crippen molar-refractivity contribution in [2.75, 3.05) is 13.2 Å². The zero-order valence-corrected chi connectivity index (χ0v) is 41.9. The summed E-state index contributed by atoms with van der Waals surface area (Å²) in [7, 11) is 0. The predicted molar refractivity (Wildman–Crippen MR) is 270 cm³/mol. The van der Waals surface area contributed by atoms with E-state index in [2.05, 4.69) is 67.8 Å². The quantitative estimate of drug-likeness (QED) is 0.0216. The molecule has 0 aromatic heterocycles. The minimum Gasteiger partial charge on any atom is -0.394 e. The van der Waals surface area contributed by atoms with E-state index in [-0.39, 0.29) is 12.8 Å². The monoisotopic (exact) mass is 936 g/mol. The lowest BCUT2D eigenvalue weighted by molar-refractivity contribution is -0.303. The van der Waals surface area contributed by atoms with Crippen molar-refractivity contribution in [1.82, 2.24) is 5.32 Å². The van der Waals surface area contributed by atoms with Gasteiger partial charge in [-0.15, -0.1) is 0 Å². The largest absolute Gasteiger partial charge is 0.394 e. The second-order valence-corrected chi connectivity index (χ2v) is 18.9. The normalized spacial score (nSPS) is 21.1. The number of amides is 1. The van der Waals surface area contributed by atoms with Crippen LogP contribution in [0.1, 0.15) is 226 Å². The first-order valence-electron chi connectivity index (χ1n) is 27.0. The van der Waals surface area contributed by atoms with Crippen LogP contribution < -0.4 is 5.32 Å². The molecule has 0 bridgehead atoms. The Morgan fingerprint density at radius 3 is 1.35 bits per heavy atom. The summed E-state index contributed by atoms with van der Waals surface area (Å²) in [4.78, 5) is 13.1. The third kappa shape index (κ3) is 32.8. The molecule has 0 saturated carbocycles. The number of carbonyl (C=O) groups excluding carboxylic acids is 1. The topological polar surface area (TPSA) is 189 Å². The van der Waals surface area contributed by atoms with E-state index >= 15 is 0 Å². The second-order valence-electron chi connectivity index (χ2n) is 18.9. The molecule has 1 aliphatic rings. The molecule has 9 unspecified atom stereocenters. The molecule has 386 valence electrons. The summed E-state index contributed by atoms with van der Waals surface area (Å²) in [5.41, 5.74) is 0. The van der Waals surface area contributed by atoms with Gasteiger partial charge in [0.1, 0.15) is 36.6 Å². The van der Waals surface area contributed by atoms with Crippen molar-refractivity contribution in [3.8, 4) is 0 Å². The van der Waals surface area contributed by atoms with Crippen LogP contribution in [0.4, 0.5) is 0 Å². The Labute approximate surface area is 402 Å². The van der Waals surface area contributed by atoms with E-state index in [0.717, 1.165) is 64.2 Å². The van der Waals surface area contributed by atoms with Crippen molar-refractivity contribution >= 4 is 5.91 Å². The number of aliphatic hydroxyl groups excluding tert-OH is 7. The molecule has 8 N–H and O–H groups in total. The number of hydrogen-bond donors (Lipinski definition) is 8. The Balaban J connectivity index is 2.40.